The molecule has 45 heavy (non-hydrogen) atoms. The van der Waals surface area contributed by atoms with Gasteiger partial charge in [0.05, 0.1) is 25.9 Å². The first-order chi connectivity index (χ1) is 21.3. The highest BCUT2D eigenvalue weighted by Crippen LogP contribution is 2.58. The van der Waals surface area contributed by atoms with Gasteiger partial charge in [0.15, 0.2) is 47.4 Å². The summed E-state index contributed by atoms with van der Waals surface area (Å²) in [5.74, 6) is -0.208. The number of ether oxygens (including phenoxy) is 2. The molecule has 25 heteroatoms. The van der Waals surface area contributed by atoms with Gasteiger partial charge in [0.1, 0.15) is 36.3 Å². The molecule has 0 saturated carbocycles. The van der Waals surface area contributed by atoms with Crippen LogP contribution in [-0.4, -0.2) is 96.6 Å². The first kappa shape index (κ1) is 30.6. The molecule has 0 radical (unpaired) electrons. The number of rotatable bonds is 2. The van der Waals surface area contributed by atoms with Gasteiger partial charge in [0.25, 0.3) is 20.6 Å². The zero-order valence-electron chi connectivity index (χ0n) is 22.8. The maximum absolute atomic E-state index is 16.0. The van der Waals surface area contributed by atoms with Gasteiger partial charge in [-0.05, 0) is 0 Å². The van der Waals surface area contributed by atoms with Gasteiger partial charge in [-0.25, -0.2) is 33.3 Å². The fraction of sp³-hybridized carbons (Fsp3) is 0.500. The molecule has 10 atom stereocenters. The third kappa shape index (κ3) is 5.45. The van der Waals surface area contributed by atoms with Crippen LogP contribution in [0.1, 0.15) is 12.5 Å². The molecule has 0 aromatic carbocycles. The van der Waals surface area contributed by atoms with Gasteiger partial charge in [-0.2, -0.15) is 4.98 Å². The second-order valence-electron chi connectivity index (χ2n) is 10.3. The lowest BCUT2D eigenvalue weighted by Gasteiger charge is -2.29. The van der Waals surface area contributed by atoms with Crippen molar-refractivity contribution in [3.63, 3.8) is 0 Å². The quantitative estimate of drug-likeness (QED) is 0.125. The van der Waals surface area contributed by atoms with Gasteiger partial charge in [-0.1, -0.05) is 12.2 Å². The summed E-state index contributed by atoms with van der Waals surface area (Å²) in [4.78, 5) is 34.5. The Labute approximate surface area is 255 Å². The number of H-pyrrole nitrogens is 1. The minimum Gasteiger partial charge on any atom is -0.382 e. The third-order valence-corrected chi connectivity index (χ3v) is 10.2. The van der Waals surface area contributed by atoms with E-state index in [0.717, 1.165) is 24.8 Å². The van der Waals surface area contributed by atoms with E-state index in [0.29, 0.717) is 0 Å². The summed E-state index contributed by atoms with van der Waals surface area (Å²) >= 11 is 3.99. The Morgan fingerprint density at radius 3 is 2.20 bits per heavy atom. The number of imidazole rings is 2. The molecule has 3 saturated heterocycles. The molecule has 4 aromatic rings. The monoisotopic (exact) mass is 690 g/mol. The van der Waals surface area contributed by atoms with Gasteiger partial charge in [-0.15, -0.1) is 0 Å². The van der Waals surface area contributed by atoms with Crippen LogP contribution in [0.15, 0.2) is 23.8 Å². The molecule has 3 fully saturated rings. The molecular formula is C20H23BF2N10O9P2S. The largest absolute Gasteiger partial charge is 0.386 e. The van der Waals surface area contributed by atoms with E-state index in [-0.39, 0.29) is 34.1 Å². The predicted octanol–water partition coefficient (Wildman–Crippen LogP) is 0.191. The smallest absolute Gasteiger partial charge is 0.382 e. The van der Waals surface area contributed by atoms with Crippen molar-refractivity contribution >= 4 is 68.2 Å². The van der Waals surface area contributed by atoms with Gasteiger partial charge >= 0.3 is 6.80 Å². The van der Waals surface area contributed by atoms with Crippen LogP contribution in [0.25, 0.3) is 22.3 Å². The van der Waals surface area contributed by atoms with Crippen molar-refractivity contribution in [3.05, 3.63) is 29.3 Å². The molecule has 0 amide bonds. The molecular weight excluding hydrogens is 667 g/mol. The second-order valence-corrected chi connectivity index (χ2v) is 15.2. The van der Waals surface area contributed by atoms with Crippen LogP contribution in [0, 0.1) is 0 Å². The average Bonchev–Trinajstić information content (AvgIpc) is 3.72. The molecule has 4 aromatic heterocycles. The summed E-state index contributed by atoms with van der Waals surface area (Å²) in [5, 5.41) is 0. The zero-order chi connectivity index (χ0) is 31.8. The van der Waals surface area contributed by atoms with Gasteiger partial charge < -0.3 is 30.0 Å². The van der Waals surface area contributed by atoms with E-state index < -0.39 is 82.3 Å². The van der Waals surface area contributed by atoms with Crippen LogP contribution in [-0.2, 0) is 36.7 Å². The highest BCUT2D eigenvalue weighted by molar-refractivity contribution is 8.44. The molecule has 3 aliphatic heterocycles. The van der Waals surface area contributed by atoms with E-state index in [9.17, 15) is 13.9 Å². The number of alkyl halides is 2. The first-order valence-electron chi connectivity index (χ1n) is 13.1. The van der Waals surface area contributed by atoms with Gasteiger partial charge in [0.2, 0.25) is 5.95 Å². The summed E-state index contributed by atoms with van der Waals surface area (Å²) in [6, 6.07) is 0. The lowest BCUT2D eigenvalue weighted by Crippen LogP contribution is -2.37. The number of nitrogen functional groups attached to an aromatic ring is 2. The van der Waals surface area contributed by atoms with Crippen LogP contribution in [0.3, 0.4) is 0 Å². The molecule has 1 unspecified atom stereocenters. The standard InChI is InChI=1S/C20H23BF2N10O9P2S/c21-43(35)37-1-6-13(9(23)18(39-6)32-4-28-10-14(24)26-3-27-15(10)32)42-44(36,45)38-2-7-12(41-43)8(22)19(40-7)33-5-29-11-16(33)30-20(25)31-17(11)34/h3-9,12-13,18-19H,1-2,21H2,(H,36,45)(H2,24,26,27)(H3,25,30,31,34)/t6-,7-,8-,9-,12-,13-,18-,19-,43+,44?/m1/s1. The lowest BCUT2D eigenvalue weighted by molar-refractivity contribution is -0.0546. The molecule has 0 bridgehead atoms. The number of halogens is 2. The van der Waals surface area contributed by atoms with Crippen LogP contribution in [0.2, 0.25) is 0 Å². The van der Waals surface area contributed by atoms with Crippen molar-refractivity contribution in [2.45, 2.75) is 49.2 Å². The molecule has 7 rings (SSSR count). The third-order valence-electron chi connectivity index (χ3n) is 7.36. The summed E-state index contributed by atoms with van der Waals surface area (Å²) in [5.41, 5.74) is 10.9. The van der Waals surface area contributed by atoms with E-state index in [1.807, 2.05) is 0 Å². The van der Waals surface area contributed by atoms with E-state index in [2.05, 4.69) is 42.2 Å². The molecule has 0 spiro atoms. The van der Waals surface area contributed by atoms with Crippen molar-refractivity contribution in [3.8, 4) is 0 Å². The maximum Gasteiger partial charge on any atom is 0.386 e. The Kier molecular flexibility index (Phi) is 7.53. The Balaban J connectivity index is 1.17. The van der Waals surface area contributed by atoms with Crippen LogP contribution >= 0.6 is 26.5 Å². The van der Waals surface area contributed by atoms with Gasteiger partial charge in [-0.3, -0.25) is 32.5 Å². The Morgan fingerprint density at radius 1 is 0.911 bits per heavy atom. The fourth-order valence-corrected chi connectivity index (χ4v) is 8.01. The lowest BCUT2D eigenvalue weighted by atomic mass is 10.1. The molecule has 7 heterocycles. The number of aromatic nitrogens is 8. The van der Waals surface area contributed by atoms with Gasteiger partial charge in [0, 0.05) is 0 Å². The molecule has 3 aliphatic rings. The van der Waals surface area contributed by atoms with E-state index in [4.69, 9.17) is 39.0 Å². The average molecular weight is 690 g/mol. The van der Waals surface area contributed by atoms with Crippen molar-refractivity contribution in [2.24, 2.45) is 0 Å². The maximum atomic E-state index is 16.0. The summed E-state index contributed by atoms with van der Waals surface area (Å²) in [7, 11) is -3.06. The molecule has 240 valence electrons. The van der Waals surface area contributed by atoms with Crippen molar-refractivity contribution in [1.82, 2.24) is 39.0 Å². The predicted molar refractivity (Wildman–Crippen MR) is 154 cm³/mol. The Morgan fingerprint density at radius 2 is 1.51 bits per heavy atom. The van der Waals surface area contributed by atoms with E-state index >= 15 is 8.78 Å². The topological polar surface area (TPSA) is 249 Å². The number of nitrogens with zero attached hydrogens (tertiary/aromatic N) is 7. The fourth-order valence-electron chi connectivity index (χ4n) is 5.35. The Bertz CT molecular complexity index is 1950. The number of thiol groups is 1. The van der Waals surface area contributed by atoms with E-state index in [1.165, 1.54) is 10.9 Å². The SMILES string of the molecule is B[P@]1(=O)OC[C@H]2O[C@@H](n3cnc4c(N)ncnc43)[C@H](F)[C@@H]2OP(=O)(S)OC[C@H]2O[C@@H](n3cnc4c(=O)[nH]c(N)nc43)[C@H](F)[C@@H]2O1. The van der Waals surface area contributed by atoms with Crippen LogP contribution in [0.5, 0.6) is 0 Å². The normalized spacial score (nSPS) is 37.7. The second kappa shape index (κ2) is 11.1. The molecule has 0 aliphatic carbocycles. The number of nitrogens with one attached hydrogen (secondary N) is 1. The number of aromatic amines is 1. The summed E-state index contributed by atoms with van der Waals surface area (Å²) in [6.45, 7) is -5.69. The number of hydrogen-bond donors (Lipinski definition) is 4. The molecule has 19 nitrogen and oxygen atoms in total. The number of anilines is 2. The first-order valence-corrected chi connectivity index (χ1v) is 17.8. The minimum absolute atomic E-state index is 0.0482. The summed E-state index contributed by atoms with van der Waals surface area (Å²) in [6.07, 6.45) is -9.53. The number of hydrogen-bond acceptors (Lipinski definition) is 16. The number of nitrogens with two attached hydrogens (primary N) is 2. The highest BCUT2D eigenvalue weighted by Gasteiger charge is 2.54. The van der Waals surface area contributed by atoms with Crippen LogP contribution < -0.4 is 17.0 Å². The van der Waals surface area contributed by atoms with E-state index in [1.54, 1.807) is 0 Å². The van der Waals surface area contributed by atoms with Crippen molar-refractivity contribution in [1.29, 1.82) is 0 Å². The van der Waals surface area contributed by atoms with Crippen LogP contribution in [0.4, 0.5) is 20.5 Å². The van der Waals surface area contributed by atoms with Crippen molar-refractivity contribution in [2.75, 3.05) is 24.7 Å². The molecule has 5 N–H and O–H groups in total. The number of fused-ring (bicyclic) bond motifs is 4. The highest BCUT2D eigenvalue weighted by atomic mass is 32.7. The Hall–Kier alpha value is -3.01. The summed E-state index contributed by atoms with van der Waals surface area (Å²) < 4.78 is 94.8. The minimum atomic E-state index is -4.41. The van der Waals surface area contributed by atoms with Crippen molar-refractivity contribution < 1.29 is 45.5 Å². The zero-order valence-corrected chi connectivity index (χ0v) is 25.5.